The number of nitrogens with zero attached hydrogens (tertiary/aromatic N) is 5. The van der Waals surface area contributed by atoms with E-state index in [-0.39, 0.29) is 61.2 Å². The SMILES string of the molecule is CN(C)[C@@H]1COC[C@H]1N1CCN(S(=O)(=O)c2cc(F)cc(CNC(=O)c3nc4n(c(=O)c3O)CCOC4(C)C)c2)CC1. The zero-order valence-corrected chi connectivity index (χ0v) is 25.0. The summed E-state index contributed by atoms with van der Waals surface area (Å²) in [4.78, 5) is 34.0. The van der Waals surface area contributed by atoms with Crippen LogP contribution in [0.25, 0.3) is 0 Å². The van der Waals surface area contributed by atoms with Gasteiger partial charge in [-0.15, -0.1) is 0 Å². The van der Waals surface area contributed by atoms with Crippen molar-refractivity contribution in [2.75, 3.05) is 60.1 Å². The van der Waals surface area contributed by atoms with Crippen LogP contribution >= 0.6 is 0 Å². The second-order valence-electron chi connectivity index (χ2n) is 11.5. The number of hydrogen-bond acceptors (Lipinski definition) is 10. The standard InChI is InChI=1S/C27H37FN6O7S/c1-27(2)26-30-22(23(35)25(37)34(26)9-10-41-27)24(36)29-14-17-11-18(28)13-19(12-17)42(38,39)33-7-5-32(6-8-33)21-16-40-15-20(21)31(3)4/h11-13,20-21,35H,5-10,14-16H2,1-4H3,(H,29,36)/t20-,21-/m1/s1. The Morgan fingerprint density at radius 1 is 1.17 bits per heavy atom. The van der Waals surface area contributed by atoms with Gasteiger partial charge in [-0.05, 0) is 51.7 Å². The molecule has 0 saturated carbocycles. The van der Waals surface area contributed by atoms with E-state index in [1.807, 2.05) is 14.1 Å². The Hall–Kier alpha value is -2.95. The third kappa shape index (κ3) is 5.81. The average molecular weight is 609 g/mol. The number of amides is 1. The topological polar surface area (TPSA) is 147 Å². The summed E-state index contributed by atoms with van der Waals surface area (Å²) < 4.78 is 55.5. The molecule has 2 fully saturated rings. The highest BCUT2D eigenvalue weighted by Gasteiger charge is 2.38. The largest absolute Gasteiger partial charge is 0.501 e. The number of aromatic hydroxyl groups is 1. The number of sulfonamides is 1. The molecule has 1 aromatic carbocycles. The summed E-state index contributed by atoms with van der Waals surface area (Å²) in [7, 11) is -0.0103. The highest BCUT2D eigenvalue weighted by molar-refractivity contribution is 7.89. The molecule has 0 radical (unpaired) electrons. The van der Waals surface area contributed by atoms with Crippen molar-refractivity contribution in [1.82, 2.24) is 29.0 Å². The van der Waals surface area contributed by atoms with Gasteiger partial charge in [0, 0.05) is 32.7 Å². The first-order valence-corrected chi connectivity index (χ1v) is 15.3. The van der Waals surface area contributed by atoms with E-state index in [0.717, 1.165) is 12.1 Å². The number of fused-ring (bicyclic) bond motifs is 1. The molecular formula is C27H37FN6O7S. The summed E-state index contributed by atoms with van der Waals surface area (Å²) in [6.45, 7) is 6.33. The molecule has 1 amide bonds. The Labute approximate surface area is 243 Å². The van der Waals surface area contributed by atoms with Crippen molar-refractivity contribution in [3.63, 3.8) is 0 Å². The molecule has 4 heterocycles. The van der Waals surface area contributed by atoms with Gasteiger partial charge in [0.05, 0.1) is 43.3 Å². The minimum atomic E-state index is -4.01. The number of aromatic nitrogens is 2. The number of hydrogen-bond donors (Lipinski definition) is 2. The fourth-order valence-electron chi connectivity index (χ4n) is 5.76. The summed E-state index contributed by atoms with van der Waals surface area (Å²) in [5.74, 6) is -2.26. The Morgan fingerprint density at radius 3 is 2.57 bits per heavy atom. The number of carbonyl (C=O) groups excluding carboxylic acids is 1. The van der Waals surface area contributed by atoms with Crippen LogP contribution in [0.15, 0.2) is 27.9 Å². The quantitative estimate of drug-likeness (QED) is 0.438. The molecule has 0 spiro atoms. The molecule has 0 bridgehead atoms. The average Bonchev–Trinajstić information content (AvgIpc) is 3.44. The molecule has 1 aromatic heterocycles. The lowest BCUT2D eigenvalue weighted by Crippen LogP contribution is -2.56. The number of nitrogens with one attached hydrogen (secondary N) is 1. The first-order valence-electron chi connectivity index (χ1n) is 13.8. The Balaban J connectivity index is 1.28. The molecule has 3 aliphatic heterocycles. The van der Waals surface area contributed by atoms with Crippen molar-refractivity contribution in [2.24, 2.45) is 0 Å². The lowest BCUT2D eigenvalue weighted by atomic mass is 10.1. The number of ether oxygens (including phenoxy) is 2. The van der Waals surface area contributed by atoms with Crippen LogP contribution in [0.1, 0.15) is 35.7 Å². The van der Waals surface area contributed by atoms with Crippen LogP contribution < -0.4 is 10.9 Å². The summed E-state index contributed by atoms with van der Waals surface area (Å²) in [6.07, 6.45) is 0. The van der Waals surface area contributed by atoms with Gasteiger partial charge in [0.15, 0.2) is 5.69 Å². The highest BCUT2D eigenvalue weighted by Crippen LogP contribution is 2.28. The van der Waals surface area contributed by atoms with Gasteiger partial charge in [-0.2, -0.15) is 4.31 Å². The fourth-order valence-corrected chi connectivity index (χ4v) is 7.27. The number of halogens is 1. The second kappa shape index (κ2) is 11.6. The van der Waals surface area contributed by atoms with E-state index in [1.165, 1.54) is 14.9 Å². The first-order chi connectivity index (χ1) is 19.8. The number of rotatable bonds is 7. The molecule has 0 aliphatic carbocycles. The van der Waals surface area contributed by atoms with Gasteiger partial charge in [0.1, 0.15) is 17.2 Å². The second-order valence-corrected chi connectivity index (χ2v) is 13.4. The van der Waals surface area contributed by atoms with Gasteiger partial charge < -0.3 is 24.8 Å². The van der Waals surface area contributed by atoms with Crippen molar-refractivity contribution >= 4 is 15.9 Å². The van der Waals surface area contributed by atoms with E-state index in [9.17, 15) is 27.5 Å². The fraction of sp³-hybridized carbons (Fsp3) is 0.593. The maximum atomic E-state index is 14.6. The van der Waals surface area contributed by atoms with Crippen molar-refractivity contribution in [1.29, 1.82) is 0 Å². The van der Waals surface area contributed by atoms with E-state index >= 15 is 0 Å². The molecular weight excluding hydrogens is 571 g/mol. The molecule has 5 rings (SSSR count). The molecule has 3 aliphatic rings. The Kier molecular flexibility index (Phi) is 8.44. The summed E-state index contributed by atoms with van der Waals surface area (Å²) >= 11 is 0. The summed E-state index contributed by atoms with van der Waals surface area (Å²) in [5, 5.41) is 12.9. The van der Waals surface area contributed by atoms with Gasteiger partial charge >= 0.3 is 0 Å². The maximum absolute atomic E-state index is 14.6. The molecule has 0 unspecified atom stereocenters. The van der Waals surface area contributed by atoms with Gasteiger partial charge in [0.2, 0.25) is 15.8 Å². The van der Waals surface area contributed by atoms with Crippen molar-refractivity contribution in [3.8, 4) is 5.75 Å². The van der Waals surface area contributed by atoms with E-state index in [2.05, 4.69) is 20.1 Å². The number of likely N-dealkylation sites (N-methyl/N-ethyl adjacent to an activating group) is 1. The Bertz CT molecular complexity index is 1520. The van der Waals surface area contributed by atoms with Gasteiger partial charge in [-0.1, -0.05) is 0 Å². The number of carbonyl (C=O) groups is 1. The van der Waals surface area contributed by atoms with Crippen LogP contribution in [0.2, 0.25) is 0 Å². The molecule has 15 heteroatoms. The van der Waals surface area contributed by atoms with Crippen LogP contribution in [0.5, 0.6) is 5.75 Å². The third-order valence-electron chi connectivity index (χ3n) is 8.13. The monoisotopic (exact) mass is 608 g/mol. The van der Waals surface area contributed by atoms with Crippen LogP contribution in [-0.4, -0.2) is 115 Å². The van der Waals surface area contributed by atoms with Crippen LogP contribution in [0, 0.1) is 5.82 Å². The van der Waals surface area contributed by atoms with E-state index in [0.29, 0.717) is 26.3 Å². The molecule has 2 atom stereocenters. The zero-order chi connectivity index (χ0) is 30.4. The summed E-state index contributed by atoms with van der Waals surface area (Å²) in [6, 6.07) is 3.79. The maximum Gasteiger partial charge on any atom is 0.296 e. The first kappa shape index (κ1) is 30.5. The minimum absolute atomic E-state index is 0.174. The Morgan fingerprint density at radius 2 is 1.88 bits per heavy atom. The minimum Gasteiger partial charge on any atom is -0.501 e. The summed E-state index contributed by atoms with van der Waals surface area (Å²) in [5.41, 5.74) is -2.03. The normalized spacial score (nSPS) is 23.2. The van der Waals surface area contributed by atoms with Gasteiger partial charge in [0.25, 0.3) is 11.5 Å². The van der Waals surface area contributed by atoms with Gasteiger partial charge in [-0.25, -0.2) is 17.8 Å². The molecule has 2 N–H and O–H groups in total. The predicted octanol–water partition coefficient (Wildman–Crippen LogP) is -0.0814. The number of benzene rings is 1. The van der Waals surface area contributed by atoms with Crippen LogP contribution in [-0.2, 0) is 38.2 Å². The van der Waals surface area contributed by atoms with Crippen LogP contribution in [0.4, 0.5) is 4.39 Å². The van der Waals surface area contributed by atoms with Crippen molar-refractivity contribution < 1.29 is 32.2 Å². The molecule has 230 valence electrons. The molecule has 13 nitrogen and oxygen atoms in total. The lowest BCUT2D eigenvalue weighted by molar-refractivity contribution is -0.0566. The molecule has 2 saturated heterocycles. The smallest absolute Gasteiger partial charge is 0.296 e. The van der Waals surface area contributed by atoms with E-state index in [4.69, 9.17) is 9.47 Å². The molecule has 2 aromatic rings. The van der Waals surface area contributed by atoms with Crippen LogP contribution in [0.3, 0.4) is 0 Å². The predicted molar refractivity (Wildman–Crippen MR) is 149 cm³/mol. The van der Waals surface area contributed by atoms with E-state index in [1.54, 1.807) is 13.8 Å². The van der Waals surface area contributed by atoms with E-state index < -0.39 is 44.4 Å². The number of piperazine rings is 1. The van der Waals surface area contributed by atoms with Crippen molar-refractivity contribution in [2.45, 2.75) is 49.5 Å². The lowest BCUT2D eigenvalue weighted by Gasteiger charge is -2.40. The highest BCUT2D eigenvalue weighted by atomic mass is 32.2. The van der Waals surface area contributed by atoms with Crippen molar-refractivity contribution in [3.05, 3.63) is 51.5 Å². The third-order valence-corrected chi connectivity index (χ3v) is 10.0. The van der Waals surface area contributed by atoms with Gasteiger partial charge in [-0.3, -0.25) is 19.1 Å². The zero-order valence-electron chi connectivity index (χ0n) is 24.2. The molecule has 42 heavy (non-hydrogen) atoms.